The molecule has 1 rings (SSSR count). The zero-order valence-electron chi connectivity index (χ0n) is 11.0. The Hall–Kier alpha value is -1.28. The van der Waals surface area contributed by atoms with Gasteiger partial charge in [0.25, 0.3) is 0 Å². The summed E-state index contributed by atoms with van der Waals surface area (Å²) in [6.07, 6.45) is 1.63. The zero-order valence-corrected chi connectivity index (χ0v) is 11.0. The first-order valence-corrected chi connectivity index (χ1v) is 6.21. The molecule has 94 valence electrons. The lowest BCUT2D eigenvalue weighted by atomic mass is 10.1. The average molecular weight is 234 g/mol. The van der Waals surface area contributed by atoms with Crippen LogP contribution in [0.25, 0.3) is 5.76 Å². The number of rotatable bonds is 7. The van der Waals surface area contributed by atoms with Gasteiger partial charge in [0, 0.05) is 12.0 Å². The highest BCUT2D eigenvalue weighted by atomic mass is 16.7. The molecule has 17 heavy (non-hydrogen) atoms. The highest BCUT2D eigenvalue weighted by Gasteiger charge is 2.09. The summed E-state index contributed by atoms with van der Waals surface area (Å²) in [5.74, 6) is 0.677. The third kappa shape index (κ3) is 4.61. The molecule has 0 N–H and O–H groups in total. The molecule has 0 aliphatic heterocycles. The van der Waals surface area contributed by atoms with Gasteiger partial charge in [0.05, 0.1) is 6.61 Å². The smallest absolute Gasteiger partial charge is 0.199 e. The van der Waals surface area contributed by atoms with Crippen molar-refractivity contribution in [3.63, 3.8) is 0 Å². The van der Waals surface area contributed by atoms with E-state index < -0.39 is 0 Å². The first kappa shape index (κ1) is 13.8. The van der Waals surface area contributed by atoms with E-state index in [1.165, 1.54) is 5.56 Å². The minimum Gasteiger partial charge on any atom is -0.465 e. The van der Waals surface area contributed by atoms with E-state index in [1.807, 2.05) is 19.1 Å². The molecule has 2 heteroatoms. The van der Waals surface area contributed by atoms with Gasteiger partial charge in [-0.05, 0) is 19.4 Å². The Morgan fingerprint density at radius 2 is 2.12 bits per heavy atom. The third-order valence-corrected chi connectivity index (χ3v) is 2.45. The van der Waals surface area contributed by atoms with E-state index in [2.05, 4.69) is 32.6 Å². The van der Waals surface area contributed by atoms with E-state index in [9.17, 15) is 0 Å². The molecule has 0 amide bonds. The standard InChI is InChI=1S/C15H22O2/c1-5-10-16-15(6-2)17-13(4)14-9-7-8-12(3)11-14/h7-9,11,15H,4-6,10H2,1-3H3. The van der Waals surface area contributed by atoms with Crippen molar-refractivity contribution in [2.75, 3.05) is 6.61 Å². The van der Waals surface area contributed by atoms with Crippen LogP contribution in [0.15, 0.2) is 30.8 Å². The van der Waals surface area contributed by atoms with Gasteiger partial charge in [-0.2, -0.15) is 0 Å². The fourth-order valence-corrected chi connectivity index (χ4v) is 1.53. The molecule has 0 radical (unpaired) electrons. The summed E-state index contributed by atoms with van der Waals surface area (Å²) in [6.45, 7) is 10.9. The molecule has 0 fully saturated rings. The Bertz CT molecular complexity index is 358. The number of hydrogen-bond acceptors (Lipinski definition) is 2. The van der Waals surface area contributed by atoms with Crippen molar-refractivity contribution in [1.29, 1.82) is 0 Å². The van der Waals surface area contributed by atoms with E-state index in [-0.39, 0.29) is 6.29 Å². The lowest BCUT2D eigenvalue weighted by Gasteiger charge is -2.19. The van der Waals surface area contributed by atoms with E-state index >= 15 is 0 Å². The van der Waals surface area contributed by atoms with Crippen LogP contribution in [0.5, 0.6) is 0 Å². The quantitative estimate of drug-likeness (QED) is 0.521. The molecule has 1 atom stereocenters. The molecule has 2 nitrogen and oxygen atoms in total. The predicted molar refractivity (Wildman–Crippen MR) is 71.6 cm³/mol. The summed E-state index contributed by atoms with van der Waals surface area (Å²) in [5, 5.41) is 0. The molecular weight excluding hydrogens is 212 g/mol. The van der Waals surface area contributed by atoms with Crippen molar-refractivity contribution in [1.82, 2.24) is 0 Å². The summed E-state index contributed by atoms with van der Waals surface area (Å²) < 4.78 is 11.3. The number of benzene rings is 1. The maximum Gasteiger partial charge on any atom is 0.199 e. The maximum absolute atomic E-state index is 5.73. The second-order valence-electron chi connectivity index (χ2n) is 4.12. The Morgan fingerprint density at radius 3 is 2.71 bits per heavy atom. The molecule has 0 spiro atoms. The number of hydrogen-bond donors (Lipinski definition) is 0. The van der Waals surface area contributed by atoms with Gasteiger partial charge in [0.2, 0.25) is 0 Å². The monoisotopic (exact) mass is 234 g/mol. The SMILES string of the molecule is C=C(OC(CC)OCCC)c1cccc(C)c1. The van der Waals surface area contributed by atoms with Gasteiger partial charge in [-0.25, -0.2) is 0 Å². The van der Waals surface area contributed by atoms with Crippen LogP contribution < -0.4 is 0 Å². The lowest BCUT2D eigenvalue weighted by molar-refractivity contribution is -0.0975. The molecule has 0 aromatic heterocycles. The van der Waals surface area contributed by atoms with E-state index in [0.29, 0.717) is 5.76 Å². The molecular formula is C15H22O2. The van der Waals surface area contributed by atoms with Crippen LogP contribution in [0.2, 0.25) is 0 Å². The molecule has 0 aliphatic carbocycles. The summed E-state index contributed by atoms with van der Waals surface area (Å²) in [4.78, 5) is 0. The molecule has 0 aliphatic rings. The first-order chi connectivity index (χ1) is 8.17. The average Bonchev–Trinajstić information content (AvgIpc) is 2.34. The minimum atomic E-state index is -0.192. The number of aryl methyl sites for hydroxylation is 1. The normalized spacial score (nSPS) is 12.2. The van der Waals surface area contributed by atoms with Crippen LogP contribution in [0.3, 0.4) is 0 Å². The van der Waals surface area contributed by atoms with Gasteiger partial charge in [0.1, 0.15) is 5.76 Å². The van der Waals surface area contributed by atoms with Crippen molar-refractivity contribution in [3.8, 4) is 0 Å². The van der Waals surface area contributed by atoms with E-state index in [0.717, 1.165) is 25.0 Å². The summed E-state index contributed by atoms with van der Waals surface area (Å²) in [6, 6.07) is 8.13. The lowest BCUT2D eigenvalue weighted by Crippen LogP contribution is -2.15. The van der Waals surface area contributed by atoms with E-state index in [4.69, 9.17) is 9.47 Å². The van der Waals surface area contributed by atoms with Crippen LogP contribution in [0.1, 0.15) is 37.8 Å². The van der Waals surface area contributed by atoms with Crippen LogP contribution >= 0.6 is 0 Å². The van der Waals surface area contributed by atoms with Gasteiger partial charge in [0.15, 0.2) is 6.29 Å². The topological polar surface area (TPSA) is 18.5 Å². The Kier molecular flexibility index (Phi) is 5.78. The van der Waals surface area contributed by atoms with Gasteiger partial charge in [-0.3, -0.25) is 0 Å². The third-order valence-electron chi connectivity index (χ3n) is 2.45. The molecule has 0 saturated carbocycles. The van der Waals surface area contributed by atoms with Gasteiger partial charge in [-0.1, -0.05) is 44.2 Å². The minimum absolute atomic E-state index is 0.192. The first-order valence-electron chi connectivity index (χ1n) is 6.21. The predicted octanol–water partition coefficient (Wildman–Crippen LogP) is 4.15. The fourth-order valence-electron chi connectivity index (χ4n) is 1.53. The Morgan fingerprint density at radius 1 is 1.35 bits per heavy atom. The largest absolute Gasteiger partial charge is 0.465 e. The zero-order chi connectivity index (χ0) is 12.7. The van der Waals surface area contributed by atoms with Crippen molar-refractivity contribution < 1.29 is 9.47 Å². The molecule has 1 unspecified atom stereocenters. The second-order valence-corrected chi connectivity index (χ2v) is 4.12. The summed E-state index contributed by atoms with van der Waals surface area (Å²) in [5.41, 5.74) is 2.22. The fraction of sp³-hybridized carbons (Fsp3) is 0.467. The maximum atomic E-state index is 5.73. The molecule has 1 aromatic carbocycles. The van der Waals surface area contributed by atoms with Crippen LogP contribution in [0.4, 0.5) is 0 Å². The molecule has 0 bridgehead atoms. The second kappa shape index (κ2) is 7.13. The van der Waals surface area contributed by atoms with Crippen molar-refractivity contribution in [3.05, 3.63) is 42.0 Å². The van der Waals surface area contributed by atoms with Crippen molar-refractivity contribution in [2.24, 2.45) is 0 Å². The van der Waals surface area contributed by atoms with Crippen molar-refractivity contribution >= 4 is 5.76 Å². The van der Waals surface area contributed by atoms with Crippen molar-refractivity contribution in [2.45, 2.75) is 39.9 Å². The Balaban J connectivity index is 2.58. The van der Waals surface area contributed by atoms with Crippen LogP contribution in [-0.4, -0.2) is 12.9 Å². The van der Waals surface area contributed by atoms with E-state index in [1.54, 1.807) is 0 Å². The highest BCUT2D eigenvalue weighted by molar-refractivity contribution is 5.58. The molecule has 0 heterocycles. The highest BCUT2D eigenvalue weighted by Crippen LogP contribution is 2.18. The van der Waals surface area contributed by atoms with Gasteiger partial charge in [-0.15, -0.1) is 0 Å². The van der Waals surface area contributed by atoms with Gasteiger partial charge < -0.3 is 9.47 Å². The molecule has 1 aromatic rings. The van der Waals surface area contributed by atoms with Crippen LogP contribution in [-0.2, 0) is 9.47 Å². The van der Waals surface area contributed by atoms with Gasteiger partial charge >= 0.3 is 0 Å². The summed E-state index contributed by atoms with van der Waals surface area (Å²) >= 11 is 0. The number of ether oxygens (including phenoxy) is 2. The molecule has 0 saturated heterocycles. The summed E-state index contributed by atoms with van der Waals surface area (Å²) in [7, 11) is 0. The van der Waals surface area contributed by atoms with Crippen LogP contribution in [0, 0.1) is 6.92 Å². The Labute approximate surface area is 104 Å².